The number of anilines is 1. The Hall–Kier alpha value is -1.99. The zero-order valence-electron chi connectivity index (χ0n) is 9.12. The molecule has 84 valence electrons. The molecule has 16 heavy (non-hydrogen) atoms. The van der Waals surface area contributed by atoms with Crippen LogP contribution in [0, 0.1) is 11.8 Å². The minimum absolute atomic E-state index is 0.402. The Morgan fingerprint density at radius 2 is 2.19 bits per heavy atom. The maximum absolute atomic E-state index is 11.3. The maximum atomic E-state index is 11.3. The molecule has 0 aliphatic carbocycles. The molecule has 0 fully saturated rings. The third-order valence-electron chi connectivity index (χ3n) is 1.88. The van der Waals surface area contributed by atoms with Crippen molar-refractivity contribution >= 4 is 11.7 Å². The summed E-state index contributed by atoms with van der Waals surface area (Å²) in [7, 11) is 1.32. The smallest absolute Gasteiger partial charge is 0.337 e. The molecule has 4 nitrogen and oxygen atoms in total. The summed E-state index contributed by atoms with van der Waals surface area (Å²) in [6.45, 7) is 0.513. The minimum atomic E-state index is -0.422. The maximum Gasteiger partial charge on any atom is 0.337 e. The van der Waals surface area contributed by atoms with Crippen molar-refractivity contribution in [1.82, 2.24) is 0 Å². The summed E-state index contributed by atoms with van der Waals surface area (Å²) in [6, 6.07) is 4.90. The van der Waals surface area contributed by atoms with Gasteiger partial charge in [-0.25, -0.2) is 4.79 Å². The molecule has 4 heteroatoms. The lowest BCUT2D eigenvalue weighted by Crippen LogP contribution is -2.02. The number of rotatable bonds is 2. The Balaban J connectivity index is 3.00. The molecule has 0 aliphatic heterocycles. The molecule has 0 atom stereocenters. The number of nitrogens with two attached hydrogens (primary N) is 2. The van der Waals surface area contributed by atoms with E-state index in [1.807, 2.05) is 0 Å². The fourth-order valence-corrected chi connectivity index (χ4v) is 1.20. The van der Waals surface area contributed by atoms with Crippen LogP contribution in [0.1, 0.15) is 22.3 Å². The van der Waals surface area contributed by atoms with Gasteiger partial charge < -0.3 is 16.2 Å². The van der Waals surface area contributed by atoms with E-state index in [4.69, 9.17) is 11.5 Å². The highest BCUT2D eigenvalue weighted by Crippen LogP contribution is 2.12. The number of nitrogen functional groups attached to an aromatic ring is 1. The molecular formula is C12H14N2O2. The molecule has 0 aromatic heterocycles. The summed E-state index contributed by atoms with van der Waals surface area (Å²) in [6.07, 6.45) is 0.613. The summed E-state index contributed by atoms with van der Waals surface area (Å²) in [4.78, 5) is 11.3. The van der Waals surface area contributed by atoms with Crippen LogP contribution in [-0.2, 0) is 4.74 Å². The van der Waals surface area contributed by atoms with Crippen molar-refractivity contribution in [2.45, 2.75) is 6.42 Å². The number of hydrogen-bond donors (Lipinski definition) is 2. The zero-order chi connectivity index (χ0) is 12.0. The molecule has 0 aliphatic rings. The largest absolute Gasteiger partial charge is 0.465 e. The third kappa shape index (κ3) is 3.30. The molecule has 0 saturated carbocycles. The van der Waals surface area contributed by atoms with Gasteiger partial charge in [0.05, 0.1) is 12.7 Å². The fourth-order valence-electron chi connectivity index (χ4n) is 1.20. The Morgan fingerprint density at radius 3 is 2.81 bits per heavy atom. The molecule has 0 spiro atoms. The average molecular weight is 218 g/mol. The van der Waals surface area contributed by atoms with E-state index in [9.17, 15) is 4.79 Å². The first-order valence-corrected chi connectivity index (χ1v) is 4.85. The number of methoxy groups -OCH3 is 1. The van der Waals surface area contributed by atoms with Crippen LogP contribution in [-0.4, -0.2) is 19.6 Å². The van der Waals surface area contributed by atoms with Gasteiger partial charge in [-0.3, -0.25) is 0 Å². The van der Waals surface area contributed by atoms with Gasteiger partial charge in [0.25, 0.3) is 0 Å². The number of carbonyl (C=O) groups excluding carboxylic acids is 1. The molecule has 0 radical (unpaired) electrons. The zero-order valence-corrected chi connectivity index (χ0v) is 9.12. The summed E-state index contributed by atoms with van der Waals surface area (Å²) in [5.41, 5.74) is 12.6. The van der Waals surface area contributed by atoms with Gasteiger partial charge in [0.1, 0.15) is 0 Å². The SMILES string of the molecule is COC(=O)c1cc(N)cc(C#CCCN)c1. The van der Waals surface area contributed by atoms with E-state index in [-0.39, 0.29) is 0 Å². The van der Waals surface area contributed by atoms with E-state index < -0.39 is 5.97 Å². The van der Waals surface area contributed by atoms with Gasteiger partial charge in [0.15, 0.2) is 0 Å². The van der Waals surface area contributed by atoms with E-state index in [0.717, 1.165) is 0 Å². The third-order valence-corrected chi connectivity index (χ3v) is 1.88. The topological polar surface area (TPSA) is 78.3 Å². The fraction of sp³-hybridized carbons (Fsp3) is 0.250. The lowest BCUT2D eigenvalue weighted by molar-refractivity contribution is 0.0601. The van der Waals surface area contributed by atoms with Crippen LogP contribution in [0.4, 0.5) is 5.69 Å². The van der Waals surface area contributed by atoms with Crippen molar-refractivity contribution in [2.75, 3.05) is 19.4 Å². The Labute approximate surface area is 94.6 Å². The molecule has 0 unspecified atom stereocenters. The first kappa shape index (κ1) is 12.1. The molecule has 0 saturated heterocycles. The first-order chi connectivity index (χ1) is 7.67. The molecule has 1 aromatic carbocycles. The summed E-state index contributed by atoms with van der Waals surface area (Å²) >= 11 is 0. The molecule has 0 bridgehead atoms. The molecular weight excluding hydrogens is 204 g/mol. The Bertz CT molecular complexity index is 444. The standard InChI is InChI=1S/C12H14N2O2/c1-16-12(15)10-6-9(4-2-3-5-13)7-11(14)8-10/h6-8H,3,5,13-14H2,1H3. The summed E-state index contributed by atoms with van der Waals surface area (Å²) < 4.78 is 4.61. The number of hydrogen-bond acceptors (Lipinski definition) is 4. The highest BCUT2D eigenvalue weighted by Gasteiger charge is 2.06. The van der Waals surface area contributed by atoms with Crippen LogP contribution in [0.15, 0.2) is 18.2 Å². The summed E-state index contributed by atoms with van der Waals surface area (Å²) in [5, 5.41) is 0. The number of esters is 1. The van der Waals surface area contributed by atoms with Gasteiger partial charge in [-0.05, 0) is 18.2 Å². The van der Waals surface area contributed by atoms with E-state index >= 15 is 0 Å². The van der Waals surface area contributed by atoms with Gasteiger partial charge in [0, 0.05) is 24.2 Å². The van der Waals surface area contributed by atoms with Crippen LogP contribution < -0.4 is 11.5 Å². The van der Waals surface area contributed by atoms with Crippen LogP contribution in [0.2, 0.25) is 0 Å². The summed E-state index contributed by atoms with van der Waals surface area (Å²) in [5.74, 6) is 5.35. The van der Waals surface area contributed by atoms with Gasteiger partial charge in [-0.2, -0.15) is 0 Å². The predicted molar refractivity (Wildman–Crippen MR) is 62.7 cm³/mol. The monoisotopic (exact) mass is 218 g/mol. The normalized spacial score (nSPS) is 9.12. The molecule has 4 N–H and O–H groups in total. The van der Waals surface area contributed by atoms with Crippen molar-refractivity contribution in [2.24, 2.45) is 5.73 Å². The van der Waals surface area contributed by atoms with Crippen LogP contribution in [0.25, 0.3) is 0 Å². The van der Waals surface area contributed by atoms with E-state index in [1.54, 1.807) is 18.2 Å². The van der Waals surface area contributed by atoms with E-state index in [1.165, 1.54) is 7.11 Å². The van der Waals surface area contributed by atoms with Crippen molar-refractivity contribution < 1.29 is 9.53 Å². The van der Waals surface area contributed by atoms with E-state index in [2.05, 4.69) is 16.6 Å². The highest BCUT2D eigenvalue weighted by atomic mass is 16.5. The highest BCUT2D eigenvalue weighted by molar-refractivity contribution is 5.90. The van der Waals surface area contributed by atoms with Gasteiger partial charge in [0.2, 0.25) is 0 Å². The lowest BCUT2D eigenvalue weighted by Gasteiger charge is -2.01. The van der Waals surface area contributed by atoms with Crippen LogP contribution in [0.3, 0.4) is 0 Å². The van der Waals surface area contributed by atoms with Crippen molar-refractivity contribution in [3.8, 4) is 11.8 Å². The Morgan fingerprint density at radius 1 is 1.44 bits per heavy atom. The number of carbonyl (C=O) groups is 1. The van der Waals surface area contributed by atoms with Gasteiger partial charge >= 0.3 is 5.97 Å². The average Bonchev–Trinajstić information content (AvgIpc) is 2.27. The second kappa shape index (κ2) is 5.79. The molecule has 0 amide bonds. The molecule has 0 heterocycles. The first-order valence-electron chi connectivity index (χ1n) is 4.85. The lowest BCUT2D eigenvalue weighted by atomic mass is 10.1. The second-order valence-electron chi connectivity index (χ2n) is 3.18. The molecule has 1 rings (SSSR count). The van der Waals surface area contributed by atoms with Crippen LogP contribution in [0.5, 0.6) is 0 Å². The second-order valence-corrected chi connectivity index (χ2v) is 3.18. The minimum Gasteiger partial charge on any atom is -0.465 e. The van der Waals surface area contributed by atoms with E-state index in [0.29, 0.717) is 29.8 Å². The quantitative estimate of drug-likeness (QED) is 0.436. The Kier molecular flexibility index (Phi) is 4.37. The number of benzene rings is 1. The number of ether oxygens (including phenoxy) is 1. The van der Waals surface area contributed by atoms with Crippen LogP contribution >= 0.6 is 0 Å². The van der Waals surface area contributed by atoms with Crippen molar-refractivity contribution in [3.63, 3.8) is 0 Å². The van der Waals surface area contributed by atoms with Crippen molar-refractivity contribution in [3.05, 3.63) is 29.3 Å². The van der Waals surface area contributed by atoms with Gasteiger partial charge in [-0.1, -0.05) is 11.8 Å². The van der Waals surface area contributed by atoms with Gasteiger partial charge in [-0.15, -0.1) is 0 Å². The van der Waals surface area contributed by atoms with Crippen molar-refractivity contribution in [1.29, 1.82) is 0 Å². The predicted octanol–water partition coefficient (Wildman–Crippen LogP) is 0.756. The molecule has 1 aromatic rings.